The molecule has 21 heavy (non-hydrogen) atoms. The number of carbonyl (C=O) groups excluding carboxylic acids is 1. The molecule has 5 nitrogen and oxygen atoms in total. The first kappa shape index (κ1) is 15.4. The van der Waals surface area contributed by atoms with Crippen LogP contribution in [0.2, 0.25) is 0 Å². The molecule has 0 aromatic carbocycles. The highest BCUT2D eigenvalue weighted by Crippen LogP contribution is 2.17. The minimum atomic E-state index is -0.0765. The Bertz CT molecular complexity index is 596. The van der Waals surface area contributed by atoms with E-state index in [9.17, 15) is 4.79 Å². The van der Waals surface area contributed by atoms with E-state index in [1.165, 1.54) is 0 Å². The van der Waals surface area contributed by atoms with Crippen LogP contribution in [0.5, 0.6) is 0 Å². The molecule has 2 rings (SSSR count). The van der Waals surface area contributed by atoms with E-state index in [-0.39, 0.29) is 11.8 Å². The Morgan fingerprint density at radius 2 is 2.19 bits per heavy atom. The van der Waals surface area contributed by atoms with Crippen LogP contribution in [-0.2, 0) is 6.42 Å². The van der Waals surface area contributed by atoms with Gasteiger partial charge in [0.05, 0.1) is 5.01 Å². The summed E-state index contributed by atoms with van der Waals surface area (Å²) in [6.07, 6.45) is 2.53. The quantitative estimate of drug-likeness (QED) is 0.861. The minimum Gasteiger partial charge on any atom is -0.373 e. The summed E-state index contributed by atoms with van der Waals surface area (Å²) in [5.41, 5.74) is 1.55. The van der Waals surface area contributed by atoms with Gasteiger partial charge in [-0.15, -0.1) is 11.3 Å². The number of carbonyl (C=O) groups is 1. The summed E-state index contributed by atoms with van der Waals surface area (Å²) in [6.45, 7) is 4.71. The van der Waals surface area contributed by atoms with Crippen LogP contribution in [0.3, 0.4) is 0 Å². The van der Waals surface area contributed by atoms with Crippen LogP contribution in [0.25, 0.3) is 0 Å². The van der Waals surface area contributed by atoms with Crippen LogP contribution < -0.4 is 10.6 Å². The van der Waals surface area contributed by atoms with Gasteiger partial charge in [-0.05, 0) is 18.1 Å². The molecule has 1 amide bonds. The minimum absolute atomic E-state index is 0.0765. The van der Waals surface area contributed by atoms with Crippen LogP contribution in [0, 0.1) is 0 Å². The molecule has 0 aliphatic carbocycles. The molecular weight excluding hydrogens is 284 g/mol. The lowest BCUT2D eigenvalue weighted by atomic mass is 10.1. The Morgan fingerprint density at radius 1 is 1.38 bits per heavy atom. The molecule has 112 valence electrons. The maximum absolute atomic E-state index is 12.2. The Morgan fingerprint density at radius 3 is 2.81 bits per heavy atom. The Hall–Kier alpha value is -1.95. The van der Waals surface area contributed by atoms with Crippen LogP contribution in [0.4, 0.5) is 5.82 Å². The fraction of sp³-hybridized carbons (Fsp3) is 0.400. The molecule has 0 aliphatic rings. The molecule has 0 bridgehead atoms. The number of anilines is 1. The first-order valence-electron chi connectivity index (χ1n) is 6.96. The molecular formula is C15H20N4OS. The van der Waals surface area contributed by atoms with Crippen molar-refractivity contribution in [3.63, 3.8) is 0 Å². The summed E-state index contributed by atoms with van der Waals surface area (Å²) in [6, 6.07) is 3.62. The second-order valence-corrected chi connectivity index (χ2v) is 5.98. The van der Waals surface area contributed by atoms with Gasteiger partial charge in [0.15, 0.2) is 0 Å². The average Bonchev–Trinajstić information content (AvgIpc) is 2.99. The van der Waals surface area contributed by atoms with Crippen molar-refractivity contribution in [3.8, 4) is 0 Å². The van der Waals surface area contributed by atoms with Gasteiger partial charge in [0.1, 0.15) is 5.82 Å². The van der Waals surface area contributed by atoms with Crippen LogP contribution in [0.15, 0.2) is 23.7 Å². The van der Waals surface area contributed by atoms with Crippen molar-refractivity contribution in [1.82, 2.24) is 15.3 Å². The number of aromatic nitrogens is 2. The molecule has 0 atom stereocenters. The number of pyridine rings is 1. The molecule has 2 heterocycles. The number of thiazole rings is 1. The molecule has 0 saturated heterocycles. The molecule has 2 aromatic rings. The maximum Gasteiger partial charge on any atom is 0.251 e. The zero-order valence-electron chi connectivity index (χ0n) is 12.5. The van der Waals surface area contributed by atoms with E-state index < -0.39 is 0 Å². The fourth-order valence-corrected chi connectivity index (χ4v) is 2.49. The molecule has 0 saturated carbocycles. The van der Waals surface area contributed by atoms with Gasteiger partial charge >= 0.3 is 0 Å². The number of hydrogen-bond donors (Lipinski definition) is 2. The number of rotatable bonds is 6. The summed E-state index contributed by atoms with van der Waals surface area (Å²) in [4.78, 5) is 20.9. The van der Waals surface area contributed by atoms with E-state index in [0.717, 1.165) is 17.1 Å². The summed E-state index contributed by atoms with van der Waals surface area (Å²) >= 11 is 1.60. The van der Waals surface area contributed by atoms with Crippen LogP contribution in [0.1, 0.15) is 40.8 Å². The van der Waals surface area contributed by atoms with E-state index in [0.29, 0.717) is 17.9 Å². The van der Waals surface area contributed by atoms with Crippen molar-refractivity contribution in [3.05, 3.63) is 40.0 Å². The number of nitrogens with zero attached hydrogens (tertiary/aromatic N) is 2. The summed E-state index contributed by atoms with van der Waals surface area (Å²) < 4.78 is 0. The zero-order chi connectivity index (χ0) is 15.2. The third-order valence-corrected chi connectivity index (χ3v) is 3.90. The molecule has 0 radical (unpaired) electrons. The number of amides is 1. The molecule has 2 N–H and O–H groups in total. The standard InChI is InChI=1S/C15H20N4OS/c1-10(2)12-8-11(9-13(16-3)19-12)15(20)18-5-4-14-17-6-7-21-14/h6-10H,4-5H2,1-3H3,(H,16,19)(H,18,20). The van der Waals surface area contributed by atoms with E-state index in [2.05, 4.69) is 34.4 Å². The first-order chi connectivity index (χ1) is 10.1. The van der Waals surface area contributed by atoms with E-state index in [1.54, 1.807) is 30.6 Å². The molecule has 0 aliphatic heterocycles. The number of hydrogen-bond acceptors (Lipinski definition) is 5. The van der Waals surface area contributed by atoms with Crippen molar-refractivity contribution >= 4 is 23.1 Å². The smallest absolute Gasteiger partial charge is 0.251 e. The molecule has 2 aromatic heterocycles. The highest BCUT2D eigenvalue weighted by molar-refractivity contribution is 7.09. The number of nitrogens with one attached hydrogen (secondary N) is 2. The van der Waals surface area contributed by atoms with E-state index in [1.807, 2.05) is 11.4 Å². The Balaban J connectivity index is 2.02. The summed E-state index contributed by atoms with van der Waals surface area (Å²) in [5.74, 6) is 0.916. The van der Waals surface area contributed by atoms with Crippen molar-refractivity contribution in [2.75, 3.05) is 18.9 Å². The largest absolute Gasteiger partial charge is 0.373 e. The van der Waals surface area contributed by atoms with Crippen LogP contribution >= 0.6 is 11.3 Å². The normalized spacial score (nSPS) is 10.7. The zero-order valence-corrected chi connectivity index (χ0v) is 13.3. The second-order valence-electron chi connectivity index (χ2n) is 5.00. The van der Waals surface area contributed by atoms with Gasteiger partial charge in [-0.25, -0.2) is 9.97 Å². The van der Waals surface area contributed by atoms with Crippen molar-refractivity contribution in [2.24, 2.45) is 0 Å². The molecule has 6 heteroatoms. The maximum atomic E-state index is 12.2. The lowest BCUT2D eigenvalue weighted by Crippen LogP contribution is -2.26. The lowest BCUT2D eigenvalue weighted by molar-refractivity contribution is 0.0954. The van der Waals surface area contributed by atoms with Gasteiger partial charge in [-0.2, -0.15) is 0 Å². The van der Waals surface area contributed by atoms with Crippen molar-refractivity contribution < 1.29 is 4.79 Å². The predicted octanol–water partition coefficient (Wildman–Crippen LogP) is 2.68. The molecule has 0 unspecified atom stereocenters. The van der Waals surface area contributed by atoms with Crippen LogP contribution in [-0.4, -0.2) is 29.5 Å². The SMILES string of the molecule is CNc1cc(C(=O)NCCc2nccs2)cc(C(C)C)n1. The van der Waals surface area contributed by atoms with Gasteiger partial charge in [0.2, 0.25) is 0 Å². The van der Waals surface area contributed by atoms with E-state index >= 15 is 0 Å². The average molecular weight is 304 g/mol. The molecule has 0 fully saturated rings. The van der Waals surface area contributed by atoms with Crippen molar-refractivity contribution in [1.29, 1.82) is 0 Å². The van der Waals surface area contributed by atoms with Gasteiger partial charge < -0.3 is 10.6 Å². The fourth-order valence-electron chi connectivity index (χ4n) is 1.87. The first-order valence-corrected chi connectivity index (χ1v) is 7.84. The Kier molecular flexibility index (Phi) is 5.27. The third-order valence-electron chi connectivity index (χ3n) is 3.06. The lowest BCUT2D eigenvalue weighted by Gasteiger charge is -2.11. The topological polar surface area (TPSA) is 66.9 Å². The van der Waals surface area contributed by atoms with Gasteiger partial charge in [0, 0.05) is 42.8 Å². The summed E-state index contributed by atoms with van der Waals surface area (Å²) in [5, 5.41) is 8.89. The van der Waals surface area contributed by atoms with Crippen molar-refractivity contribution in [2.45, 2.75) is 26.2 Å². The highest BCUT2D eigenvalue weighted by atomic mass is 32.1. The predicted molar refractivity (Wildman–Crippen MR) is 86.0 cm³/mol. The Labute approximate surface area is 128 Å². The summed E-state index contributed by atoms with van der Waals surface area (Å²) in [7, 11) is 1.80. The van der Waals surface area contributed by atoms with E-state index in [4.69, 9.17) is 0 Å². The highest BCUT2D eigenvalue weighted by Gasteiger charge is 2.11. The third kappa shape index (κ3) is 4.26. The van der Waals surface area contributed by atoms with Gasteiger partial charge in [0.25, 0.3) is 5.91 Å². The van der Waals surface area contributed by atoms with Gasteiger partial charge in [-0.1, -0.05) is 13.8 Å². The van der Waals surface area contributed by atoms with Gasteiger partial charge in [-0.3, -0.25) is 4.79 Å². The second kappa shape index (κ2) is 7.17. The molecule has 0 spiro atoms. The monoisotopic (exact) mass is 304 g/mol.